The molecule has 2 nitrogen and oxygen atoms in total. The molecule has 0 aliphatic rings. The molecule has 1 rings (SSSR count). The van der Waals surface area contributed by atoms with E-state index in [1.54, 1.807) is 0 Å². The monoisotopic (exact) mass is 221 g/mol. The van der Waals surface area contributed by atoms with Crippen molar-refractivity contribution in [3.8, 4) is 0 Å². The molecule has 1 aromatic rings. The van der Waals surface area contributed by atoms with E-state index in [-0.39, 0.29) is 6.61 Å². The Morgan fingerprint density at radius 3 is 2.50 bits per heavy atom. The lowest BCUT2D eigenvalue weighted by Gasteiger charge is -2.16. The maximum Gasteiger partial charge on any atom is 0.0682 e. The number of hydrogen-bond acceptors (Lipinski definition) is 2. The summed E-state index contributed by atoms with van der Waals surface area (Å²) in [7, 11) is 0. The summed E-state index contributed by atoms with van der Waals surface area (Å²) in [6, 6.07) is 6.07. The molecule has 0 atom stereocenters. The molecule has 0 saturated carbocycles. The second kappa shape index (κ2) is 6.54. The predicted octanol–water partition coefficient (Wildman–Crippen LogP) is 3.34. The van der Waals surface area contributed by atoms with Crippen LogP contribution in [0.3, 0.4) is 0 Å². The predicted molar refractivity (Wildman–Crippen MR) is 69.7 cm³/mol. The van der Waals surface area contributed by atoms with Crippen LogP contribution in [0.15, 0.2) is 18.2 Å². The van der Waals surface area contributed by atoms with Crippen LogP contribution in [0.1, 0.15) is 37.8 Å². The molecule has 0 bridgehead atoms. The molecule has 0 spiro atoms. The van der Waals surface area contributed by atoms with Gasteiger partial charge in [-0.25, -0.2) is 0 Å². The van der Waals surface area contributed by atoms with E-state index in [0.717, 1.165) is 23.7 Å². The molecule has 0 aliphatic heterocycles. The van der Waals surface area contributed by atoms with Gasteiger partial charge < -0.3 is 10.4 Å². The van der Waals surface area contributed by atoms with Crippen LogP contribution >= 0.6 is 0 Å². The van der Waals surface area contributed by atoms with Crippen LogP contribution in [-0.2, 0) is 6.61 Å². The molecule has 90 valence electrons. The zero-order valence-electron chi connectivity index (χ0n) is 10.6. The van der Waals surface area contributed by atoms with E-state index in [2.05, 4.69) is 32.2 Å². The number of anilines is 1. The molecule has 0 fully saturated rings. The Balaban J connectivity index is 2.65. The highest BCUT2D eigenvalue weighted by molar-refractivity contribution is 5.52. The largest absolute Gasteiger partial charge is 0.392 e. The summed E-state index contributed by atoms with van der Waals surface area (Å²) in [4.78, 5) is 0. The minimum atomic E-state index is 0.111. The van der Waals surface area contributed by atoms with E-state index in [1.807, 2.05) is 12.1 Å². The number of aliphatic hydroxyl groups is 1. The highest BCUT2D eigenvalue weighted by atomic mass is 16.3. The van der Waals surface area contributed by atoms with Crippen LogP contribution < -0.4 is 5.32 Å². The summed E-state index contributed by atoms with van der Waals surface area (Å²) in [5.41, 5.74) is 3.36. The van der Waals surface area contributed by atoms with Crippen molar-refractivity contribution in [2.45, 2.75) is 40.2 Å². The minimum Gasteiger partial charge on any atom is -0.392 e. The summed E-state index contributed by atoms with van der Waals surface area (Å²) in [5.74, 6) is 0.734. The number of aryl methyl sites for hydroxylation is 1. The van der Waals surface area contributed by atoms with E-state index < -0.39 is 0 Å². The molecule has 0 amide bonds. The first-order valence-electron chi connectivity index (χ1n) is 6.15. The standard InChI is InChI=1S/C14H23NO/c1-4-12(5-2)9-15-14-8-13(10-16)7-6-11(14)3/h6-8,12,15-16H,4-5,9-10H2,1-3H3. The highest BCUT2D eigenvalue weighted by Crippen LogP contribution is 2.18. The van der Waals surface area contributed by atoms with Crippen molar-refractivity contribution in [3.05, 3.63) is 29.3 Å². The maximum absolute atomic E-state index is 9.09. The third kappa shape index (κ3) is 3.53. The second-order valence-electron chi connectivity index (χ2n) is 4.37. The number of hydrogen-bond donors (Lipinski definition) is 2. The van der Waals surface area contributed by atoms with Crippen LogP contribution in [0.2, 0.25) is 0 Å². The third-order valence-electron chi connectivity index (χ3n) is 3.22. The molecule has 0 aliphatic carbocycles. The van der Waals surface area contributed by atoms with Gasteiger partial charge in [0, 0.05) is 12.2 Å². The molecule has 0 unspecified atom stereocenters. The molecule has 0 aromatic heterocycles. The molecule has 0 saturated heterocycles. The van der Waals surface area contributed by atoms with Crippen LogP contribution in [0.5, 0.6) is 0 Å². The Labute approximate surface area is 98.7 Å². The molecule has 2 heteroatoms. The summed E-state index contributed by atoms with van der Waals surface area (Å²) in [5, 5.41) is 12.6. The Hall–Kier alpha value is -1.02. The Kier molecular flexibility index (Phi) is 5.33. The number of benzene rings is 1. The van der Waals surface area contributed by atoms with Gasteiger partial charge >= 0.3 is 0 Å². The van der Waals surface area contributed by atoms with Crippen LogP contribution in [0, 0.1) is 12.8 Å². The summed E-state index contributed by atoms with van der Waals surface area (Å²) in [6.45, 7) is 7.68. The lowest BCUT2D eigenvalue weighted by Crippen LogP contribution is -2.13. The van der Waals surface area contributed by atoms with Crippen molar-refractivity contribution in [2.24, 2.45) is 5.92 Å². The van der Waals surface area contributed by atoms with Gasteiger partial charge in [0.25, 0.3) is 0 Å². The first-order valence-corrected chi connectivity index (χ1v) is 6.15. The van der Waals surface area contributed by atoms with Gasteiger partial charge in [-0.15, -0.1) is 0 Å². The number of aliphatic hydroxyl groups excluding tert-OH is 1. The van der Waals surface area contributed by atoms with Crippen molar-refractivity contribution in [3.63, 3.8) is 0 Å². The molecular formula is C14H23NO. The average molecular weight is 221 g/mol. The quantitative estimate of drug-likeness (QED) is 0.772. The van der Waals surface area contributed by atoms with E-state index in [9.17, 15) is 0 Å². The molecule has 2 N–H and O–H groups in total. The van der Waals surface area contributed by atoms with Gasteiger partial charge in [-0.2, -0.15) is 0 Å². The SMILES string of the molecule is CCC(CC)CNc1cc(CO)ccc1C. The lowest BCUT2D eigenvalue weighted by molar-refractivity contribution is 0.282. The van der Waals surface area contributed by atoms with E-state index >= 15 is 0 Å². The average Bonchev–Trinajstić information content (AvgIpc) is 2.32. The van der Waals surface area contributed by atoms with Crippen molar-refractivity contribution >= 4 is 5.69 Å². The van der Waals surface area contributed by atoms with Crippen LogP contribution in [0.25, 0.3) is 0 Å². The zero-order valence-corrected chi connectivity index (χ0v) is 10.6. The summed E-state index contributed by atoms with van der Waals surface area (Å²) < 4.78 is 0. The van der Waals surface area contributed by atoms with E-state index in [1.165, 1.54) is 18.4 Å². The number of nitrogens with one attached hydrogen (secondary N) is 1. The van der Waals surface area contributed by atoms with Gasteiger partial charge in [-0.05, 0) is 30.0 Å². The topological polar surface area (TPSA) is 32.3 Å². The number of rotatable bonds is 6. The molecule has 16 heavy (non-hydrogen) atoms. The Morgan fingerprint density at radius 2 is 1.94 bits per heavy atom. The summed E-state index contributed by atoms with van der Waals surface area (Å²) >= 11 is 0. The van der Waals surface area contributed by atoms with Gasteiger partial charge in [0.1, 0.15) is 0 Å². The van der Waals surface area contributed by atoms with Gasteiger partial charge in [0.2, 0.25) is 0 Å². The van der Waals surface area contributed by atoms with Crippen LogP contribution in [-0.4, -0.2) is 11.7 Å². The van der Waals surface area contributed by atoms with Crippen molar-refractivity contribution in [1.82, 2.24) is 0 Å². The first kappa shape index (κ1) is 13.0. The smallest absolute Gasteiger partial charge is 0.0682 e. The zero-order chi connectivity index (χ0) is 12.0. The van der Waals surface area contributed by atoms with Gasteiger partial charge in [0.15, 0.2) is 0 Å². The third-order valence-corrected chi connectivity index (χ3v) is 3.22. The fourth-order valence-corrected chi connectivity index (χ4v) is 1.79. The molecule has 1 aromatic carbocycles. The van der Waals surface area contributed by atoms with E-state index in [4.69, 9.17) is 5.11 Å². The Morgan fingerprint density at radius 1 is 1.25 bits per heavy atom. The lowest BCUT2D eigenvalue weighted by atomic mass is 10.0. The molecule has 0 radical (unpaired) electrons. The van der Waals surface area contributed by atoms with Crippen molar-refractivity contribution in [2.75, 3.05) is 11.9 Å². The van der Waals surface area contributed by atoms with Crippen molar-refractivity contribution in [1.29, 1.82) is 0 Å². The van der Waals surface area contributed by atoms with Crippen LogP contribution in [0.4, 0.5) is 5.69 Å². The normalized spacial score (nSPS) is 10.8. The van der Waals surface area contributed by atoms with Gasteiger partial charge in [-0.1, -0.05) is 38.8 Å². The maximum atomic E-state index is 9.09. The fourth-order valence-electron chi connectivity index (χ4n) is 1.79. The first-order chi connectivity index (χ1) is 7.71. The fraction of sp³-hybridized carbons (Fsp3) is 0.571. The molecule has 0 heterocycles. The second-order valence-corrected chi connectivity index (χ2v) is 4.37. The van der Waals surface area contributed by atoms with Gasteiger partial charge in [0.05, 0.1) is 6.61 Å². The van der Waals surface area contributed by atoms with E-state index in [0.29, 0.717) is 0 Å². The van der Waals surface area contributed by atoms with Crippen molar-refractivity contribution < 1.29 is 5.11 Å². The minimum absolute atomic E-state index is 0.111. The highest BCUT2D eigenvalue weighted by Gasteiger charge is 2.04. The summed E-state index contributed by atoms with van der Waals surface area (Å²) in [6.07, 6.45) is 2.42. The molecular weight excluding hydrogens is 198 g/mol. The van der Waals surface area contributed by atoms with Gasteiger partial charge in [-0.3, -0.25) is 0 Å². The Bertz CT molecular complexity index is 319.